The monoisotopic (exact) mass is 271 g/mol. The van der Waals surface area contributed by atoms with Crippen molar-refractivity contribution in [3.8, 4) is 11.6 Å². The Morgan fingerprint density at radius 1 is 1.30 bits per heavy atom. The third-order valence-electron chi connectivity index (χ3n) is 2.83. The first-order valence-corrected chi connectivity index (χ1v) is 6.07. The molecule has 0 radical (unpaired) electrons. The minimum Gasteiger partial charge on any atom is -0.437 e. The van der Waals surface area contributed by atoms with Gasteiger partial charge in [0.1, 0.15) is 11.3 Å². The first-order valence-electron chi connectivity index (χ1n) is 6.07. The lowest BCUT2D eigenvalue weighted by Crippen LogP contribution is -2.00. The fourth-order valence-electron chi connectivity index (χ4n) is 1.83. The van der Waals surface area contributed by atoms with Crippen LogP contribution in [0.5, 0.6) is 11.6 Å². The van der Waals surface area contributed by atoms with Gasteiger partial charge in [0.15, 0.2) is 5.65 Å². The van der Waals surface area contributed by atoms with E-state index >= 15 is 0 Å². The Balaban J connectivity index is 2.07. The van der Waals surface area contributed by atoms with Crippen LogP contribution in [-0.2, 0) is 6.61 Å². The van der Waals surface area contributed by atoms with Crippen LogP contribution in [0.3, 0.4) is 0 Å². The summed E-state index contributed by atoms with van der Waals surface area (Å²) in [5, 5.41) is 12.2. The fourth-order valence-corrected chi connectivity index (χ4v) is 1.83. The Morgan fingerprint density at radius 2 is 2.15 bits per heavy atom. The molecule has 0 bridgehead atoms. The number of rotatable bonds is 4. The highest BCUT2D eigenvalue weighted by Crippen LogP contribution is 2.28. The van der Waals surface area contributed by atoms with Crippen molar-refractivity contribution in [1.29, 1.82) is 0 Å². The summed E-state index contributed by atoms with van der Waals surface area (Å²) in [7, 11) is 1.72. The number of nitrogens with zero attached hydrogens (tertiary/aromatic N) is 3. The predicted octanol–water partition coefficient (Wildman–Crippen LogP) is 1.68. The number of benzene rings is 1. The molecular formula is C13H13N5O2. The second kappa shape index (κ2) is 5.14. The predicted molar refractivity (Wildman–Crippen MR) is 73.7 cm³/mol. The number of para-hydroxylation sites is 1. The first-order chi connectivity index (χ1) is 9.81. The molecule has 3 aromatic rings. The summed E-state index contributed by atoms with van der Waals surface area (Å²) in [6.45, 7) is -0.105. The number of ether oxygens (including phenoxy) is 1. The van der Waals surface area contributed by atoms with Crippen molar-refractivity contribution < 1.29 is 9.84 Å². The molecule has 0 unspecified atom stereocenters. The maximum absolute atomic E-state index is 9.33. The quantitative estimate of drug-likeness (QED) is 0.668. The van der Waals surface area contributed by atoms with E-state index in [1.807, 2.05) is 12.1 Å². The summed E-state index contributed by atoms with van der Waals surface area (Å²) < 4.78 is 5.79. The van der Waals surface area contributed by atoms with E-state index in [0.717, 1.165) is 0 Å². The molecule has 1 aromatic carbocycles. The van der Waals surface area contributed by atoms with Gasteiger partial charge < -0.3 is 20.1 Å². The Hall–Kier alpha value is -2.67. The van der Waals surface area contributed by atoms with Crippen molar-refractivity contribution in [2.75, 3.05) is 12.4 Å². The van der Waals surface area contributed by atoms with Crippen LogP contribution in [0.4, 0.5) is 5.95 Å². The average Bonchev–Trinajstić information content (AvgIpc) is 2.96. The van der Waals surface area contributed by atoms with Gasteiger partial charge in [0.05, 0.1) is 12.9 Å². The Morgan fingerprint density at radius 3 is 2.95 bits per heavy atom. The van der Waals surface area contributed by atoms with Gasteiger partial charge in [0.25, 0.3) is 5.88 Å². The number of nitrogens with one attached hydrogen (secondary N) is 2. The molecular weight excluding hydrogens is 258 g/mol. The molecule has 20 heavy (non-hydrogen) atoms. The maximum atomic E-state index is 9.33. The molecule has 0 aliphatic rings. The van der Waals surface area contributed by atoms with Crippen molar-refractivity contribution in [3.05, 3.63) is 36.2 Å². The van der Waals surface area contributed by atoms with E-state index in [0.29, 0.717) is 34.3 Å². The average molecular weight is 271 g/mol. The smallest absolute Gasteiger partial charge is 0.250 e. The van der Waals surface area contributed by atoms with E-state index in [4.69, 9.17) is 4.74 Å². The van der Waals surface area contributed by atoms with E-state index in [9.17, 15) is 5.11 Å². The molecule has 7 heteroatoms. The molecule has 0 atom stereocenters. The summed E-state index contributed by atoms with van der Waals surface area (Å²) in [4.78, 5) is 15.5. The highest BCUT2D eigenvalue weighted by Gasteiger charge is 2.13. The highest BCUT2D eigenvalue weighted by molar-refractivity contribution is 5.77. The van der Waals surface area contributed by atoms with Gasteiger partial charge in [-0.05, 0) is 6.07 Å². The molecule has 0 fully saturated rings. The zero-order valence-electron chi connectivity index (χ0n) is 10.8. The number of aromatic nitrogens is 4. The number of anilines is 1. The van der Waals surface area contributed by atoms with E-state index in [1.54, 1.807) is 19.2 Å². The van der Waals surface area contributed by atoms with Gasteiger partial charge in [-0.15, -0.1) is 0 Å². The molecule has 0 spiro atoms. The van der Waals surface area contributed by atoms with Crippen molar-refractivity contribution in [2.24, 2.45) is 0 Å². The van der Waals surface area contributed by atoms with Crippen LogP contribution >= 0.6 is 0 Å². The molecule has 2 heterocycles. The third-order valence-corrected chi connectivity index (χ3v) is 2.83. The van der Waals surface area contributed by atoms with Crippen molar-refractivity contribution >= 4 is 17.1 Å². The minimum atomic E-state index is -0.105. The molecule has 3 rings (SSSR count). The number of H-pyrrole nitrogens is 1. The number of aromatic amines is 1. The molecule has 7 nitrogen and oxygen atoms in total. The lowest BCUT2D eigenvalue weighted by molar-refractivity contribution is 0.276. The van der Waals surface area contributed by atoms with Crippen LogP contribution in [0, 0.1) is 0 Å². The summed E-state index contributed by atoms with van der Waals surface area (Å²) in [5.74, 6) is 1.32. The van der Waals surface area contributed by atoms with Crippen LogP contribution in [0.15, 0.2) is 30.6 Å². The van der Waals surface area contributed by atoms with E-state index in [2.05, 4.69) is 25.3 Å². The summed E-state index contributed by atoms with van der Waals surface area (Å²) in [5.41, 5.74) is 1.81. The molecule has 0 saturated carbocycles. The van der Waals surface area contributed by atoms with E-state index in [-0.39, 0.29) is 6.61 Å². The second-order valence-electron chi connectivity index (χ2n) is 4.07. The van der Waals surface area contributed by atoms with Crippen LogP contribution in [0.1, 0.15) is 5.56 Å². The zero-order chi connectivity index (χ0) is 13.9. The second-order valence-corrected chi connectivity index (χ2v) is 4.07. The number of aliphatic hydroxyl groups is 1. The Kier molecular flexibility index (Phi) is 3.18. The summed E-state index contributed by atoms with van der Waals surface area (Å²) >= 11 is 0. The summed E-state index contributed by atoms with van der Waals surface area (Å²) in [6.07, 6.45) is 1.53. The molecule has 0 saturated heterocycles. The molecule has 102 valence electrons. The lowest BCUT2D eigenvalue weighted by atomic mass is 10.2. The van der Waals surface area contributed by atoms with Gasteiger partial charge >= 0.3 is 0 Å². The molecule has 0 amide bonds. The normalized spacial score (nSPS) is 10.7. The number of imidazole rings is 1. The molecule has 3 N–H and O–H groups in total. The van der Waals surface area contributed by atoms with Crippen molar-refractivity contribution in [1.82, 2.24) is 19.9 Å². The van der Waals surface area contributed by atoms with Crippen LogP contribution < -0.4 is 10.1 Å². The van der Waals surface area contributed by atoms with Gasteiger partial charge in [-0.3, -0.25) is 0 Å². The van der Waals surface area contributed by atoms with E-state index in [1.165, 1.54) is 6.33 Å². The zero-order valence-corrected chi connectivity index (χ0v) is 10.8. The Labute approximate surface area is 114 Å². The topological polar surface area (TPSA) is 96.0 Å². The SMILES string of the molecule is CNc1nc(Oc2ccccc2CO)c2[nH]cnc2n1. The van der Waals surface area contributed by atoms with Gasteiger partial charge in [-0.2, -0.15) is 9.97 Å². The third kappa shape index (κ3) is 2.14. The van der Waals surface area contributed by atoms with Crippen LogP contribution in [0.25, 0.3) is 11.2 Å². The lowest BCUT2D eigenvalue weighted by Gasteiger charge is -2.10. The van der Waals surface area contributed by atoms with Gasteiger partial charge in [0.2, 0.25) is 5.95 Å². The summed E-state index contributed by atoms with van der Waals surface area (Å²) in [6, 6.07) is 7.23. The first kappa shape index (κ1) is 12.4. The van der Waals surface area contributed by atoms with Gasteiger partial charge in [0, 0.05) is 12.6 Å². The largest absolute Gasteiger partial charge is 0.437 e. The standard InChI is InChI=1S/C13H13N5O2/c1-14-13-17-11-10(15-7-16-11)12(18-13)20-9-5-3-2-4-8(9)6-19/h2-5,7,19H,6H2,1H3,(H2,14,15,16,17,18). The highest BCUT2D eigenvalue weighted by atomic mass is 16.5. The maximum Gasteiger partial charge on any atom is 0.250 e. The van der Waals surface area contributed by atoms with Crippen molar-refractivity contribution in [2.45, 2.75) is 6.61 Å². The van der Waals surface area contributed by atoms with E-state index < -0.39 is 0 Å². The number of fused-ring (bicyclic) bond motifs is 1. The van der Waals surface area contributed by atoms with Crippen molar-refractivity contribution in [3.63, 3.8) is 0 Å². The molecule has 0 aliphatic carbocycles. The number of hydrogen-bond donors (Lipinski definition) is 3. The number of hydrogen-bond acceptors (Lipinski definition) is 6. The fraction of sp³-hybridized carbons (Fsp3) is 0.154. The number of aliphatic hydroxyl groups excluding tert-OH is 1. The minimum absolute atomic E-state index is 0.105. The van der Waals surface area contributed by atoms with Crippen LogP contribution in [-0.4, -0.2) is 32.1 Å². The Bertz CT molecular complexity index is 740. The van der Waals surface area contributed by atoms with Gasteiger partial charge in [-0.1, -0.05) is 18.2 Å². The van der Waals surface area contributed by atoms with Crippen LogP contribution in [0.2, 0.25) is 0 Å². The van der Waals surface area contributed by atoms with Gasteiger partial charge in [-0.25, -0.2) is 4.98 Å². The molecule has 0 aliphatic heterocycles. The molecule has 2 aromatic heterocycles.